The second kappa shape index (κ2) is 10.9. The third kappa shape index (κ3) is 5.86. The van der Waals surface area contributed by atoms with Gasteiger partial charge in [-0.2, -0.15) is 13.2 Å². The predicted octanol–water partition coefficient (Wildman–Crippen LogP) is 3.71. The van der Waals surface area contributed by atoms with Gasteiger partial charge in [-0.3, -0.25) is 14.3 Å². The molecule has 1 aromatic carbocycles. The molecule has 0 saturated heterocycles. The van der Waals surface area contributed by atoms with Crippen LogP contribution >= 0.6 is 11.3 Å². The van der Waals surface area contributed by atoms with E-state index in [0.29, 0.717) is 36.0 Å². The molecule has 0 atom stereocenters. The van der Waals surface area contributed by atoms with Crippen molar-refractivity contribution in [3.8, 4) is 10.6 Å². The molecule has 2 aromatic heterocycles. The van der Waals surface area contributed by atoms with E-state index in [-0.39, 0.29) is 18.1 Å². The lowest BCUT2D eigenvalue weighted by Gasteiger charge is -2.25. The molecule has 0 aliphatic carbocycles. The number of benzene rings is 1. The molecule has 0 aliphatic rings. The highest BCUT2D eigenvalue weighted by molar-refractivity contribution is 7.13. The van der Waals surface area contributed by atoms with Crippen molar-refractivity contribution in [2.75, 3.05) is 30.9 Å². The third-order valence-corrected chi connectivity index (χ3v) is 6.13. The zero-order chi connectivity index (χ0) is 24.9. The summed E-state index contributed by atoms with van der Waals surface area (Å²) >= 11 is 1.28. The largest absolute Gasteiger partial charge is 0.416 e. The van der Waals surface area contributed by atoms with E-state index in [4.69, 9.17) is 10.5 Å². The van der Waals surface area contributed by atoms with Gasteiger partial charge in [-0.1, -0.05) is 25.5 Å². The number of ether oxygens (including phenoxy) is 1. The summed E-state index contributed by atoms with van der Waals surface area (Å²) in [5.74, 6) is 0.0662. The number of hydrogen-bond donors (Lipinski definition) is 2. The molecule has 0 unspecified atom stereocenters. The highest BCUT2D eigenvalue weighted by atomic mass is 32.1. The Morgan fingerprint density at radius 2 is 1.94 bits per heavy atom. The van der Waals surface area contributed by atoms with Crippen LogP contribution in [0.2, 0.25) is 0 Å². The molecule has 2 heterocycles. The highest BCUT2D eigenvalue weighted by Gasteiger charge is 2.30. The Morgan fingerprint density at radius 3 is 2.56 bits per heavy atom. The first kappa shape index (κ1) is 25.5. The van der Waals surface area contributed by atoms with Crippen LogP contribution in [0.4, 0.5) is 24.7 Å². The van der Waals surface area contributed by atoms with E-state index in [2.05, 4.69) is 9.97 Å². The Hall–Kier alpha value is -3.12. The Kier molecular flexibility index (Phi) is 8.15. The number of halogens is 3. The molecule has 8 nitrogen and oxygen atoms in total. The van der Waals surface area contributed by atoms with Gasteiger partial charge in [-0.05, 0) is 18.6 Å². The lowest BCUT2D eigenvalue weighted by molar-refractivity contribution is -0.137. The van der Waals surface area contributed by atoms with Crippen LogP contribution in [-0.4, -0.2) is 34.8 Å². The topological polar surface area (TPSA) is 106 Å². The first-order valence-corrected chi connectivity index (χ1v) is 11.5. The van der Waals surface area contributed by atoms with Gasteiger partial charge in [-0.15, -0.1) is 11.3 Å². The molecule has 3 N–H and O–H groups in total. The first-order chi connectivity index (χ1) is 16.2. The maximum absolute atomic E-state index is 12.8. The van der Waals surface area contributed by atoms with E-state index in [9.17, 15) is 22.8 Å². The second-order valence-electron chi connectivity index (χ2n) is 7.63. The molecule has 184 valence electrons. The van der Waals surface area contributed by atoms with Gasteiger partial charge in [0, 0.05) is 31.1 Å². The summed E-state index contributed by atoms with van der Waals surface area (Å²) < 4.78 is 45.0. The van der Waals surface area contributed by atoms with Crippen LogP contribution in [0, 0.1) is 0 Å². The van der Waals surface area contributed by atoms with Gasteiger partial charge >= 0.3 is 11.9 Å². The number of nitrogens with zero attached hydrogens (tertiary/aromatic N) is 3. The summed E-state index contributed by atoms with van der Waals surface area (Å²) in [6.07, 6.45) is -2.84. The van der Waals surface area contributed by atoms with Crippen LogP contribution in [-0.2, 0) is 24.0 Å². The molecule has 3 aromatic rings. The van der Waals surface area contributed by atoms with E-state index in [1.165, 1.54) is 35.1 Å². The Labute approximate surface area is 197 Å². The van der Waals surface area contributed by atoms with Gasteiger partial charge < -0.3 is 15.4 Å². The number of unbranched alkanes of at least 4 members (excludes halogenated alkanes) is 1. The third-order valence-electron chi connectivity index (χ3n) is 5.19. The van der Waals surface area contributed by atoms with Crippen LogP contribution in [0.25, 0.3) is 10.6 Å². The van der Waals surface area contributed by atoms with Crippen molar-refractivity contribution in [2.45, 2.75) is 39.0 Å². The van der Waals surface area contributed by atoms with Gasteiger partial charge in [0.1, 0.15) is 16.5 Å². The molecule has 0 bridgehead atoms. The number of H-pyrrole nitrogens is 1. The van der Waals surface area contributed by atoms with Crippen LogP contribution < -0.4 is 21.9 Å². The van der Waals surface area contributed by atoms with E-state index < -0.39 is 23.0 Å². The molecular weight excluding hydrogens is 471 g/mol. The zero-order valence-corrected chi connectivity index (χ0v) is 19.6. The summed E-state index contributed by atoms with van der Waals surface area (Å²) in [4.78, 5) is 33.5. The summed E-state index contributed by atoms with van der Waals surface area (Å²) in [7, 11) is 1.53. The molecule has 0 spiro atoms. The number of alkyl halides is 3. The monoisotopic (exact) mass is 497 g/mol. The number of nitrogens with two attached hydrogens (primary N) is 1. The second-order valence-corrected chi connectivity index (χ2v) is 8.49. The minimum atomic E-state index is -4.41. The molecule has 0 aliphatic heterocycles. The fourth-order valence-corrected chi connectivity index (χ4v) is 4.22. The number of hydrogen-bond acceptors (Lipinski definition) is 7. The Balaban J connectivity index is 1.91. The van der Waals surface area contributed by atoms with Crippen LogP contribution in [0.1, 0.15) is 31.0 Å². The van der Waals surface area contributed by atoms with E-state index in [1.54, 1.807) is 10.3 Å². The molecule has 0 radical (unpaired) electrons. The zero-order valence-electron chi connectivity index (χ0n) is 18.8. The molecule has 34 heavy (non-hydrogen) atoms. The molecular formula is C22H26F3N5O3S. The van der Waals surface area contributed by atoms with E-state index >= 15 is 0 Å². The minimum Gasteiger partial charge on any atom is -0.383 e. The SMILES string of the molecule is CCCCn1c(N)c(N(CCOC)Cc2csc(-c3ccc(C(F)(F)F)cc3)n2)c(=O)[nH]c1=O. The molecule has 12 heteroatoms. The van der Waals surface area contributed by atoms with Crippen molar-refractivity contribution in [1.29, 1.82) is 0 Å². The van der Waals surface area contributed by atoms with Crippen molar-refractivity contribution in [2.24, 2.45) is 0 Å². The summed E-state index contributed by atoms with van der Waals surface area (Å²) in [6, 6.07) is 4.78. The van der Waals surface area contributed by atoms with Gasteiger partial charge in [0.25, 0.3) is 5.56 Å². The van der Waals surface area contributed by atoms with Crippen molar-refractivity contribution in [3.05, 3.63) is 61.7 Å². The van der Waals surface area contributed by atoms with Gasteiger partial charge in [0.2, 0.25) is 0 Å². The van der Waals surface area contributed by atoms with Crippen LogP contribution in [0.5, 0.6) is 0 Å². The van der Waals surface area contributed by atoms with Crippen LogP contribution in [0.3, 0.4) is 0 Å². The number of aromatic nitrogens is 3. The summed E-state index contributed by atoms with van der Waals surface area (Å²) in [6.45, 7) is 3.15. The number of methoxy groups -OCH3 is 1. The number of aromatic amines is 1. The average molecular weight is 498 g/mol. The number of rotatable bonds is 10. The predicted molar refractivity (Wildman–Crippen MR) is 126 cm³/mol. The molecule has 3 rings (SSSR count). The number of nitrogen functional groups attached to an aromatic ring is 1. The Bertz CT molecular complexity index is 1220. The van der Waals surface area contributed by atoms with Crippen molar-refractivity contribution in [1.82, 2.24) is 14.5 Å². The molecule has 0 saturated carbocycles. The smallest absolute Gasteiger partial charge is 0.383 e. The lowest BCUT2D eigenvalue weighted by atomic mass is 10.1. The van der Waals surface area contributed by atoms with Crippen molar-refractivity contribution in [3.63, 3.8) is 0 Å². The standard InChI is InChI=1S/C22H26F3N5O3S/c1-3-4-9-30-18(26)17(19(31)28-21(30)32)29(10-11-33-2)12-16-13-34-20(27-16)14-5-7-15(8-6-14)22(23,24)25/h5-8,13H,3-4,9-12,26H2,1-2H3,(H,28,31,32). The van der Waals surface area contributed by atoms with Crippen molar-refractivity contribution >= 4 is 22.8 Å². The van der Waals surface area contributed by atoms with Crippen molar-refractivity contribution < 1.29 is 17.9 Å². The minimum absolute atomic E-state index is 0.0662. The maximum Gasteiger partial charge on any atom is 0.416 e. The normalized spacial score (nSPS) is 11.7. The van der Waals surface area contributed by atoms with Gasteiger partial charge in [-0.25, -0.2) is 9.78 Å². The van der Waals surface area contributed by atoms with Gasteiger partial charge in [0.15, 0.2) is 0 Å². The number of nitrogens with one attached hydrogen (secondary N) is 1. The fourth-order valence-electron chi connectivity index (χ4n) is 3.40. The fraction of sp³-hybridized carbons (Fsp3) is 0.409. The highest BCUT2D eigenvalue weighted by Crippen LogP contribution is 2.32. The first-order valence-electron chi connectivity index (χ1n) is 10.6. The summed E-state index contributed by atoms with van der Waals surface area (Å²) in [5, 5.41) is 2.31. The van der Waals surface area contributed by atoms with Gasteiger partial charge in [0.05, 0.1) is 24.4 Å². The van der Waals surface area contributed by atoms with E-state index in [1.807, 2.05) is 6.92 Å². The molecule has 0 fully saturated rings. The lowest BCUT2D eigenvalue weighted by Crippen LogP contribution is -2.39. The number of thiazole rings is 1. The Morgan fingerprint density at radius 1 is 1.24 bits per heavy atom. The summed E-state index contributed by atoms with van der Waals surface area (Å²) in [5.41, 5.74) is 5.65. The number of anilines is 2. The molecule has 0 amide bonds. The quantitative estimate of drug-likeness (QED) is 0.442. The van der Waals surface area contributed by atoms with E-state index in [0.717, 1.165) is 25.0 Å². The average Bonchev–Trinajstić information content (AvgIpc) is 3.25. The van der Waals surface area contributed by atoms with Crippen LogP contribution in [0.15, 0.2) is 39.2 Å². The maximum atomic E-state index is 12.8.